The largest absolute Gasteiger partial charge is 0.454 e. The second kappa shape index (κ2) is 11.8. The monoisotopic (exact) mass is 472 g/mol. The molecule has 3 aromatic carbocycles. The molecule has 6 nitrogen and oxygen atoms in total. The van der Waals surface area contributed by atoms with Crippen LogP contribution < -0.4 is 9.47 Å². The highest BCUT2D eigenvalue weighted by atomic mass is 16.6. The first kappa shape index (κ1) is 25.4. The summed E-state index contributed by atoms with van der Waals surface area (Å²) < 4.78 is 15.3. The van der Waals surface area contributed by atoms with E-state index < -0.39 is 24.5 Å². The molecule has 0 saturated heterocycles. The van der Waals surface area contributed by atoms with Gasteiger partial charge in [-0.2, -0.15) is 0 Å². The zero-order valence-corrected chi connectivity index (χ0v) is 20.1. The van der Waals surface area contributed by atoms with E-state index in [9.17, 15) is 14.4 Å². The lowest BCUT2D eigenvalue weighted by Crippen LogP contribution is -2.18. The fourth-order valence-electron chi connectivity index (χ4n) is 3.36. The van der Waals surface area contributed by atoms with Crippen LogP contribution in [0, 0.1) is 0 Å². The number of hydrogen-bond donors (Lipinski definition) is 0. The van der Waals surface area contributed by atoms with E-state index in [4.69, 9.17) is 14.2 Å². The van der Waals surface area contributed by atoms with E-state index in [0.717, 1.165) is 28.7 Å². The van der Waals surface area contributed by atoms with Crippen LogP contribution in [0.3, 0.4) is 0 Å². The minimum Gasteiger partial charge on any atom is -0.454 e. The van der Waals surface area contributed by atoms with Crippen molar-refractivity contribution in [2.75, 3.05) is 6.61 Å². The minimum atomic E-state index is -0.627. The van der Waals surface area contributed by atoms with Crippen LogP contribution >= 0.6 is 0 Å². The molecule has 35 heavy (non-hydrogen) atoms. The van der Waals surface area contributed by atoms with Gasteiger partial charge in [0.05, 0.1) is 0 Å². The van der Waals surface area contributed by atoms with Gasteiger partial charge in [-0.3, -0.25) is 4.79 Å². The fourth-order valence-corrected chi connectivity index (χ4v) is 3.36. The van der Waals surface area contributed by atoms with Crippen molar-refractivity contribution in [2.45, 2.75) is 33.6 Å². The topological polar surface area (TPSA) is 78.9 Å². The summed E-state index contributed by atoms with van der Waals surface area (Å²) in [6.45, 7) is 8.55. The standard InChI is InChI=1S/C29H28O6/c1-5-20-17-23(21-7-12-24(13-8-21)34-28(31)18-33-27(30)6-2)11-16-26(20)22-9-14-25(15-10-22)35-29(32)19(3)4/h7-17H,3,5-6,18H2,1-2,4H3. The molecule has 0 aliphatic heterocycles. The number of aryl methyl sites for hydroxylation is 1. The zero-order valence-electron chi connectivity index (χ0n) is 20.1. The van der Waals surface area contributed by atoms with Gasteiger partial charge in [-0.25, -0.2) is 9.59 Å². The highest BCUT2D eigenvalue weighted by Crippen LogP contribution is 2.31. The maximum atomic E-state index is 11.8. The van der Waals surface area contributed by atoms with Crippen molar-refractivity contribution in [1.29, 1.82) is 0 Å². The summed E-state index contributed by atoms with van der Waals surface area (Å²) in [5, 5.41) is 0. The van der Waals surface area contributed by atoms with Crippen LogP contribution in [-0.4, -0.2) is 24.5 Å². The summed E-state index contributed by atoms with van der Waals surface area (Å²) in [6, 6.07) is 20.8. The van der Waals surface area contributed by atoms with Crippen molar-refractivity contribution >= 4 is 17.9 Å². The molecule has 180 valence electrons. The van der Waals surface area contributed by atoms with E-state index in [-0.39, 0.29) is 6.42 Å². The van der Waals surface area contributed by atoms with E-state index in [1.54, 1.807) is 38.1 Å². The average molecular weight is 473 g/mol. The number of esters is 3. The van der Waals surface area contributed by atoms with Gasteiger partial charge in [0.2, 0.25) is 0 Å². The quantitative estimate of drug-likeness (QED) is 0.218. The van der Waals surface area contributed by atoms with Crippen LogP contribution in [0.2, 0.25) is 0 Å². The summed E-state index contributed by atoms with van der Waals surface area (Å²) in [7, 11) is 0. The van der Waals surface area contributed by atoms with Crippen LogP contribution in [0.25, 0.3) is 22.3 Å². The normalized spacial score (nSPS) is 10.4. The Kier molecular flexibility index (Phi) is 8.57. The van der Waals surface area contributed by atoms with Crippen molar-refractivity contribution in [1.82, 2.24) is 0 Å². The van der Waals surface area contributed by atoms with Gasteiger partial charge in [0.1, 0.15) is 11.5 Å². The van der Waals surface area contributed by atoms with Gasteiger partial charge in [-0.1, -0.05) is 62.9 Å². The predicted molar refractivity (Wildman–Crippen MR) is 134 cm³/mol. The molecule has 0 radical (unpaired) electrons. The number of carbonyl (C=O) groups excluding carboxylic acids is 3. The summed E-state index contributed by atoms with van der Waals surface area (Å²) >= 11 is 0. The Bertz CT molecular complexity index is 1220. The van der Waals surface area contributed by atoms with Crippen molar-refractivity contribution in [3.05, 3.63) is 84.4 Å². The van der Waals surface area contributed by atoms with Crippen molar-refractivity contribution < 1.29 is 28.6 Å². The maximum Gasteiger partial charge on any atom is 0.349 e. The van der Waals surface area contributed by atoms with E-state index in [1.807, 2.05) is 30.3 Å². The van der Waals surface area contributed by atoms with Crippen LogP contribution in [0.4, 0.5) is 0 Å². The lowest BCUT2D eigenvalue weighted by Gasteiger charge is -2.12. The van der Waals surface area contributed by atoms with Gasteiger partial charge in [0.25, 0.3) is 0 Å². The van der Waals surface area contributed by atoms with Crippen molar-refractivity contribution in [3.63, 3.8) is 0 Å². The highest BCUT2D eigenvalue weighted by molar-refractivity contribution is 5.89. The predicted octanol–water partition coefficient (Wildman–Crippen LogP) is 5.92. The fraction of sp³-hybridized carbons (Fsp3) is 0.207. The molecule has 6 heteroatoms. The molecule has 0 N–H and O–H groups in total. The molecule has 0 amide bonds. The molecule has 0 spiro atoms. The molecule has 0 unspecified atom stereocenters. The number of benzene rings is 3. The Balaban J connectivity index is 1.72. The molecule has 0 bridgehead atoms. The van der Waals surface area contributed by atoms with Crippen molar-refractivity contribution in [3.8, 4) is 33.8 Å². The molecule has 0 aromatic heterocycles. The van der Waals surface area contributed by atoms with Crippen LogP contribution in [0.15, 0.2) is 78.9 Å². The molecule has 3 aromatic rings. The SMILES string of the molecule is C=C(C)C(=O)Oc1ccc(-c2ccc(-c3ccc(OC(=O)COC(=O)CC)cc3)cc2CC)cc1. The van der Waals surface area contributed by atoms with Crippen molar-refractivity contribution in [2.24, 2.45) is 0 Å². The first-order valence-corrected chi connectivity index (χ1v) is 11.4. The van der Waals surface area contributed by atoms with Crippen LogP contribution in [-0.2, 0) is 25.5 Å². The van der Waals surface area contributed by atoms with Gasteiger partial charge in [0.15, 0.2) is 6.61 Å². The minimum absolute atomic E-state index is 0.205. The Labute approximate surface area is 205 Å². The molecular weight excluding hydrogens is 444 g/mol. The molecule has 0 fully saturated rings. The average Bonchev–Trinajstić information content (AvgIpc) is 2.87. The summed E-state index contributed by atoms with van der Waals surface area (Å²) in [5.41, 5.74) is 5.65. The molecule has 0 saturated carbocycles. The number of ether oxygens (including phenoxy) is 3. The Morgan fingerprint density at radius 1 is 0.743 bits per heavy atom. The third-order valence-electron chi connectivity index (χ3n) is 5.27. The van der Waals surface area contributed by atoms with Gasteiger partial charge in [-0.05, 0) is 65.4 Å². The second-order valence-electron chi connectivity index (χ2n) is 7.93. The smallest absolute Gasteiger partial charge is 0.349 e. The number of carbonyl (C=O) groups is 3. The Morgan fingerprint density at radius 3 is 1.89 bits per heavy atom. The molecule has 0 aliphatic rings. The molecule has 0 heterocycles. The van der Waals surface area contributed by atoms with Crippen LogP contribution in [0.5, 0.6) is 11.5 Å². The lowest BCUT2D eigenvalue weighted by atomic mass is 9.93. The van der Waals surface area contributed by atoms with E-state index in [2.05, 4.69) is 25.6 Å². The second-order valence-corrected chi connectivity index (χ2v) is 7.93. The van der Waals surface area contributed by atoms with E-state index in [1.165, 1.54) is 5.56 Å². The summed E-state index contributed by atoms with van der Waals surface area (Å²) in [4.78, 5) is 34.7. The molecular formula is C29H28O6. The molecule has 0 atom stereocenters. The first-order valence-electron chi connectivity index (χ1n) is 11.4. The first-order chi connectivity index (χ1) is 16.8. The highest BCUT2D eigenvalue weighted by Gasteiger charge is 2.11. The third-order valence-corrected chi connectivity index (χ3v) is 5.27. The Hall–Kier alpha value is -4.19. The molecule has 3 rings (SSSR count). The van der Waals surface area contributed by atoms with Gasteiger partial charge >= 0.3 is 17.9 Å². The Morgan fingerprint density at radius 2 is 1.31 bits per heavy atom. The van der Waals surface area contributed by atoms with Gasteiger partial charge in [0, 0.05) is 12.0 Å². The van der Waals surface area contributed by atoms with E-state index >= 15 is 0 Å². The lowest BCUT2D eigenvalue weighted by molar-refractivity contribution is -0.153. The number of rotatable bonds is 9. The maximum absolute atomic E-state index is 11.8. The third kappa shape index (κ3) is 6.90. The van der Waals surface area contributed by atoms with Gasteiger partial charge in [-0.15, -0.1) is 0 Å². The van der Waals surface area contributed by atoms with Crippen LogP contribution in [0.1, 0.15) is 32.8 Å². The summed E-state index contributed by atoms with van der Waals surface area (Å²) in [5.74, 6) is -0.670. The number of hydrogen-bond acceptors (Lipinski definition) is 6. The summed E-state index contributed by atoms with van der Waals surface area (Å²) in [6.07, 6.45) is 1.04. The van der Waals surface area contributed by atoms with Gasteiger partial charge < -0.3 is 14.2 Å². The van der Waals surface area contributed by atoms with E-state index in [0.29, 0.717) is 17.1 Å². The zero-order chi connectivity index (χ0) is 25.4. The molecule has 0 aliphatic carbocycles.